The SMILES string of the molecule is O=CC(Br)C1C2CC3CC(C2)CC1C3. The molecule has 1 atom stereocenters. The third-order valence-electron chi connectivity index (χ3n) is 4.80. The minimum Gasteiger partial charge on any atom is -0.302 e. The molecule has 4 aliphatic rings. The Morgan fingerprint density at radius 1 is 1.00 bits per heavy atom. The first-order valence-electron chi connectivity index (χ1n) is 5.87. The van der Waals surface area contributed by atoms with E-state index < -0.39 is 0 Å². The van der Waals surface area contributed by atoms with E-state index >= 15 is 0 Å². The molecule has 4 bridgehead atoms. The lowest BCUT2D eigenvalue weighted by Crippen LogP contribution is -2.48. The summed E-state index contributed by atoms with van der Waals surface area (Å²) in [5.74, 6) is 4.42. The highest BCUT2D eigenvalue weighted by molar-refractivity contribution is 9.10. The minimum absolute atomic E-state index is 0.137. The molecule has 4 fully saturated rings. The molecule has 0 aromatic rings. The van der Waals surface area contributed by atoms with Gasteiger partial charge in [0.2, 0.25) is 0 Å². The van der Waals surface area contributed by atoms with Crippen LogP contribution >= 0.6 is 15.9 Å². The summed E-state index contributed by atoms with van der Waals surface area (Å²) >= 11 is 3.56. The predicted molar refractivity (Wildman–Crippen MR) is 59.3 cm³/mol. The lowest BCUT2D eigenvalue weighted by molar-refractivity contribution is -0.111. The van der Waals surface area contributed by atoms with E-state index in [0.29, 0.717) is 5.92 Å². The number of halogens is 1. The van der Waals surface area contributed by atoms with Gasteiger partial charge in [-0.2, -0.15) is 0 Å². The maximum Gasteiger partial charge on any atom is 0.133 e. The van der Waals surface area contributed by atoms with Crippen molar-refractivity contribution >= 4 is 22.2 Å². The lowest BCUT2D eigenvalue weighted by atomic mass is 9.51. The van der Waals surface area contributed by atoms with Crippen molar-refractivity contribution in [3.05, 3.63) is 0 Å². The number of rotatable bonds is 2. The third-order valence-corrected chi connectivity index (χ3v) is 5.62. The van der Waals surface area contributed by atoms with E-state index in [9.17, 15) is 4.79 Å². The van der Waals surface area contributed by atoms with E-state index in [1.165, 1.54) is 32.1 Å². The Morgan fingerprint density at radius 3 is 1.93 bits per heavy atom. The summed E-state index contributed by atoms with van der Waals surface area (Å²) < 4.78 is 0. The summed E-state index contributed by atoms with van der Waals surface area (Å²) in [6, 6.07) is 0. The molecule has 0 radical (unpaired) electrons. The van der Waals surface area contributed by atoms with Gasteiger partial charge in [0.1, 0.15) is 6.29 Å². The van der Waals surface area contributed by atoms with Crippen molar-refractivity contribution in [1.29, 1.82) is 0 Å². The Hall–Kier alpha value is 0.150. The van der Waals surface area contributed by atoms with Crippen molar-refractivity contribution in [3.63, 3.8) is 0 Å². The van der Waals surface area contributed by atoms with E-state index in [2.05, 4.69) is 15.9 Å². The standard InChI is InChI=1S/C12H17BrO/c13-11(6-14)12-9-2-7-1-8(4-9)5-10(12)3-7/h6-12H,1-5H2. The average molecular weight is 257 g/mol. The van der Waals surface area contributed by atoms with Gasteiger partial charge >= 0.3 is 0 Å². The van der Waals surface area contributed by atoms with E-state index in [4.69, 9.17) is 0 Å². The first-order chi connectivity index (χ1) is 6.78. The number of alkyl halides is 1. The van der Waals surface area contributed by atoms with Crippen molar-refractivity contribution in [1.82, 2.24) is 0 Å². The Morgan fingerprint density at radius 2 is 1.50 bits per heavy atom. The molecule has 0 saturated heterocycles. The predicted octanol–water partition coefficient (Wildman–Crippen LogP) is 3.02. The molecule has 4 rings (SSSR count). The first-order valence-corrected chi connectivity index (χ1v) is 6.79. The summed E-state index contributed by atoms with van der Waals surface area (Å²) in [4.78, 5) is 11.0. The minimum atomic E-state index is 0.137. The quantitative estimate of drug-likeness (QED) is 0.549. The van der Waals surface area contributed by atoms with Gasteiger partial charge in [0, 0.05) is 0 Å². The molecule has 1 unspecified atom stereocenters. The van der Waals surface area contributed by atoms with Gasteiger partial charge in [0.15, 0.2) is 0 Å². The Bertz CT molecular complexity index is 223. The molecule has 4 saturated carbocycles. The normalized spacial score (nSPS) is 51.9. The smallest absolute Gasteiger partial charge is 0.133 e. The number of carbonyl (C=O) groups is 1. The number of carbonyl (C=O) groups excluding carboxylic acids is 1. The molecule has 78 valence electrons. The molecule has 14 heavy (non-hydrogen) atoms. The van der Waals surface area contributed by atoms with Gasteiger partial charge in [-0.05, 0) is 61.7 Å². The summed E-state index contributed by atoms with van der Waals surface area (Å²) in [7, 11) is 0. The molecule has 4 aliphatic carbocycles. The van der Waals surface area contributed by atoms with Crippen LogP contribution in [0, 0.1) is 29.6 Å². The first kappa shape index (κ1) is 9.38. The van der Waals surface area contributed by atoms with Crippen LogP contribution in [0.3, 0.4) is 0 Å². The molecule has 0 aliphatic heterocycles. The number of hydrogen-bond donors (Lipinski definition) is 0. The van der Waals surface area contributed by atoms with E-state index in [1.54, 1.807) is 0 Å². The summed E-state index contributed by atoms with van der Waals surface area (Å²) in [6.45, 7) is 0. The zero-order chi connectivity index (χ0) is 9.71. The van der Waals surface area contributed by atoms with Gasteiger partial charge in [-0.1, -0.05) is 15.9 Å². The largest absolute Gasteiger partial charge is 0.302 e. The highest BCUT2D eigenvalue weighted by Gasteiger charge is 2.49. The van der Waals surface area contributed by atoms with Crippen LogP contribution in [-0.4, -0.2) is 11.1 Å². The van der Waals surface area contributed by atoms with Crippen LogP contribution in [0.1, 0.15) is 32.1 Å². The lowest BCUT2D eigenvalue weighted by Gasteiger charge is -2.55. The van der Waals surface area contributed by atoms with Crippen LogP contribution in [0.4, 0.5) is 0 Å². The van der Waals surface area contributed by atoms with Gasteiger partial charge in [0.25, 0.3) is 0 Å². The summed E-state index contributed by atoms with van der Waals surface area (Å²) in [5, 5.41) is 0. The molecule has 0 spiro atoms. The fraction of sp³-hybridized carbons (Fsp3) is 0.917. The fourth-order valence-corrected chi connectivity index (χ4v) is 5.44. The Kier molecular flexibility index (Phi) is 2.23. The molecule has 0 N–H and O–H groups in total. The molecule has 0 amide bonds. The second-order valence-electron chi connectivity index (χ2n) is 5.59. The number of aldehydes is 1. The van der Waals surface area contributed by atoms with Crippen molar-refractivity contribution in [2.45, 2.75) is 36.9 Å². The van der Waals surface area contributed by atoms with Crippen LogP contribution in [0.15, 0.2) is 0 Å². The molecule has 0 heterocycles. The molecule has 1 nitrogen and oxygen atoms in total. The fourth-order valence-electron chi connectivity index (χ4n) is 4.58. The second-order valence-corrected chi connectivity index (χ2v) is 6.65. The van der Waals surface area contributed by atoms with Gasteiger partial charge in [-0.25, -0.2) is 0 Å². The molecule has 2 heteroatoms. The van der Waals surface area contributed by atoms with Gasteiger partial charge < -0.3 is 4.79 Å². The summed E-state index contributed by atoms with van der Waals surface area (Å²) in [6.07, 6.45) is 8.25. The van der Waals surface area contributed by atoms with Gasteiger partial charge in [-0.15, -0.1) is 0 Å². The van der Waals surface area contributed by atoms with Crippen molar-refractivity contribution in [3.8, 4) is 0 Å². The zero-order valence-electron chi connectivity index (χ0n) is 8.36. The zero-order valence-corrected chi connectivity index (χ0v) is 9.95. The Labute approximate surface area is 93.8 Å². The molecular weight excluding hydrogens is 240 g/mol. The van der Waals surface area contributed by atoms with Crippen LogP contribution in [0.2, 0.25) is 0 Å². The molecule has 0 aromatic carbocycles. The van der Waals surface area contributed by atoms with Crippen molar-refractivity contribution < 1.29 is 4.79 Å². The van der Waals surface area contributed by atoms with Gasteiger partial charge in [0.05, 0.1) is 4.83 Å². The van der Waals surface area contributed by atoms with E-state index in [1.807, 2.05) is 0 Å². The summed E-state index contributed by atoms with van der Waals surface area (Å²) in [5.41, 5.74) is 0. The van der Waals surface area contributed by atoms with Crippen molar-refractivity contribution in [2.24, 2.45) is 29.6 Å². The van der Waals surface area contributed by atoms with Crippen molar-refractivity contribution in [2.75, 3.05) is 0 Å². The molecular formula is C12H17BrO. The monoisotopic (exact) mass is 256 g/mol. The highest BCUT2D eigenvalue weighted by Crippen LogP contribution is 2.57. The highest BCUT2D eigenvalue weighted by atomic mass is 79.9. The second kappa shape index (κ2) is 3.33. The van der Waals surface area contributed by atoms with E-state index in [0.717, 1.165) is 30.0 Å². The van der Waals surface area contributed by atoms with Crippen LogP contribution in [-0.2, 0) is 4.79 Å². The average Bonchev–Trinajstić information content (AvgIpc) is 2.15. The topological polar surface area (TPSA) is 17.1 Å². The van der Waals surface area contributed by atoms with Crippen LogP contribution in [0.5, 0.6) is 0 Å². The third kappa shape index (κ3) is 1.30. The van der Waals surface area contributed by atoms with Crippen LogP contribution < -0.4 is 0 Å². The Balaban J connectivity index is 1.84. The molecule has 0 aromatic heterocycles. The van der Waals surface area contributed by atoms with Gasteiger partial charge in [-0.3, -0.25) is 0 Å². The maximum absolute atomic E-state index is 10.9. The van der Waals surface area contributed by atoms with E-state index in [-0.39, 0.29) is 4.83 Å². The van der Waals surface area contributed by atoms with Crippen LogP contribution in [0.25, 0.3) is 0 Å². The maximum atomic E-state index is 10.9. The number of hydrogen-bond acceptors (Lipinski definition) is 1.